The third-order valence-corrected chi connectivity index (χ3v) is 2.93. The zero-order valence-electron chi connectivity index (χ0n) is 7.60. The summed E-state index contributed by atoms with van der Waals surface area (Å²) in [6.45, 7) is 3.73. The molecule has 1 amide bonds. The van der Waals surface area contributed by atoms with E-state index in [4.69, 9.17) is 4.74 Å². The van der Waals surface area contributed by atoms with Crippen LogP contribution in [0.25, 0.3) is 0 Å². The molecule has 1 aliphatic heterocycles. The predicted molar refractivity (Wildman–Crippen MR) is 44.7 cm³/mol. The second-order valence-corrected chi connectivity index (χ2v) is 3.66. The van der Waals surface area contributed by atoms with E-state index in [2.05, 4.69) is 0 Å². The Morgan fingerprint density at radius 1 is 1.54 bits per heavy atom. The highest BCUT2D eigenvalue weighted by Crippen LogP contribution is 2.51. The molecule has 13 heavy (non-hydrogen) atoms. The minimum atomic E-state index is -0.0805. The predicted octanol–water partition coefficient (Wildman–Crippen LogP) is -0.116. The van der Waals surface area contributed by atoms with Crippen LogP contribution in [0, 0.1) is 17.8 Å². The molecular formula is C9H13NO3. The van der Waals surface area contributed by atoms with Crippen LogP contribution in [0.1, 0.15) is 6.92 Å². The standard InChI is InChI=1S/C9H13NO3/c1-2-13-9(12)8-6-3-10(5-11)4-7(6)8/h5-8H,2-4H2,1H3. The zero-order chi connectivity index (χ0) is 9.42. The molecule has 4 nitrogen and oxygen atoms in total. The molecule has 4 heteroatoms. The molecule has 2 rings (SSSR count). The number of carbonyl (C=O) groups excluding carboxylic acids is 2. The van der Waals surface area contributed by atoms with Crippen molar-refractivity contribution in [1.29, 1.82) is 0 Å². The smallest absolute Gasteiger partial charge is 0.309 e. The van der Waals surface area contributed by atoms with Gasteiger partial charge in [-0.2, -0.15) is 0 Å². The monoisotopic (exact) mass is 183 g/mol. The summed E-state index contributed by atoms with van der Waals surface area (Å²) in [7, 11) is 0. The number of carbonyl (C=O) groups is 2. The third kappa shape index (κ3) is 1.30. The highest BCUT2D eigenvalue weighted by molar-refractivity contribution is 5.77. The summed E-state index contributed by atoms with van der Waals surface area (Å²) >= 11 is 0. The van der Waals surface area contributed by atoms with Gasteiger partial charge in [-0.05, 0) is 18.8 Å². The van der Waals surface area contributed by atoms with Gasteiger partial charge in [-0.3, -0.25) is 9.59 Å². The molecule has 1 saturated carbocycles. The maximum atomic E-state index is 11.3. The number of piperidine rings is 1. The van der Waals surface area contributed by atoms with Gasteiger partial charge < -0.3 is 9.64 Å². The topological polar surface area (TPSA) is 46.6 Å². The Balaban J connectivity index is 1.84. The van der Waals surface area contributed by atoms with Gasteiger partial charge in [0.1, 0.15) is 0 Å². The van der Waals surface area contributed by atoms with Crippen LogP contribution in [0.4, 0.5) is 0 Å². The maximum absolute atomic E-state index is 11.3. The van der Waals surface area contributed by atoms with Gasteiger partial charge in [0, 0.05) is 13.1 Å². The molecule has 0 aromatic heterocycles. The van der Waals surface area contributed by atoms with E-state index in [-0.39, 0.29) is 11.9 Å². The quantitative estimate of drug-likeness (QED) is 0.453. The van der Waals surface area contributed by atoms with Crippen molar-refractivity contribution >= 4 is 12.4 Å². The van der Waals surface area contributed by atoms with Crippen LogP contribution in [0.15, 0.2) is 0 Å². The molecular weight excluding hydrogens is 170 g/mol. The van der Waals surface area contributed by atoms with Gasteiger partial charge in [0.05, 0.1) is 12.5 Å². The van der Waals surface area contributed by atoms with E-state index >= 15 is 0 Å². The first-order valence-electron chi connectivity index (χ1n) is 4.64. The molecule has 0 N–H and O–H groups in total. The van der Waals surface area contributed by atoms with Gasteiger partial charge in [-0.25, -0.2) is 0 Å². The van der Waals surface area contributed by atoms with Gasteiger partial charge in [-0.1, -0.05) is 0 Å². The molecule has 72 valence electrons. The van der Waals surface area contributed by atoms with E-state index in [1.165, 1.54) is 0 Å². The number of hydrogen-bond donors (Lipinski definition) is 0. The van der Waals surface area contributed by atoms with Crippen molar-refractivity contribution in [3.05, 3.63) is 0 Å². The van der Waals surface area contributed by atoms with Gasteiger partial charge in [0.25, 0.3) is 0 Å². The lowest BCUT2D eigenvalue weighted by Crippen LogP contribution is -2.25. The fraction of sp³-hybridized carbons (Fsp3) is 0.778. The fourth-order valence-corrected chi connectivity index (χ4v) is 2.23. The summed E-state index contributed by atoms with van der Waals surface area (Å²) in [6.07, 6.45) is 0.856. The average molecular weight is 183 g/mol. The molecule has 0 spiro atoms. The highest BCUT2D eigenvalue weighted by Gasteiger charge is 2.60. The van der Waals surface area contributed by atoms with Crippen LogP contribution < -0.4 is 0 Å². The molecule has 0 aromatic carbocycles. The molecule has 0 bridgehead atoms. The number of amides is 1. The minimum absolute atomic E-state index is 0.0798. The summed E-state index contributed by atoms with van der Waals surface area (Å²) in [4.78, 5) is 23.4. The Morgan fingerprint density at radius 3 is 2.62 bits per heavy atom. The summed E-state index contributed by atoms with van der Waals surface area (Å²) in [5.41, 5.74) is 0. The highest BCUT2D eigenvalue weighted by atomic mass is 16.5. The molecule has 1 aliphatic carbocycles. The second kappa shape index (κ2) is 3.01. The zero-order valence-corrected chi connectivity index (χ0v) is 7.60. The van der Waals surface area contributed by atoms with E-state index in [0.29, 0.717) is 18.4 Å². The van der Waals surface area contributed by atoms with Crippen molar-refractivity contribution in [2.24, 2.45) is 17.8 Å². The largest absolute Gasteiger partial charge is 0.466 e. The number of likely N-dealkylation sites (tertiary alicyclic amines) is 1. The normalized spacial score (nSPS) is 35.5. The van der Waals surface area contributed by atoms with Crippen LogP contribution in [0.5, 0.6) is 0 Å². The van der Waals surface area contributed by atoms with Crippen LogP contribution in [0.2, 0.25) is 0 Å². The van der Waals surface area contributed by atoms with Crippen molar-refractivity contribution in [2.45, 2.75) is 6.92 Å². The van der Waals surface area contributed by atoms with E-state index in [0.717, 1.165) is 19.5 Å². The Labute approximate surface area is 76.8 Å². The first-order chi connectivity index (χ1) is 6.27. The Morgan fingerprint density at radius 2 is 2.15 bits per heavy atom. The van der Waals surface area contributed by atoms with Crippen LogP contribution in [0.3, 0.4) is 0 Å². The number of ether oxygens (including phenoxy) is 1. The first-order valence-corrected chi connectivity index (χ1v) is 4.64. The van der Waals surface area contributed by atoms with Crippen molar-refractivity contribution in [2.75, 3.05) is 19.7 Å². The Kier molecular flexibility index (Phi) is 1.98. The number of nitrogens with zero attached hydrogens (tertiary/aromatic N) is 1. The minimum Gasteiger partial charge on any atom is -0.466 e. The summed E-state index contributed by atoms with van der Waals surface area (Å²) < 4.78 is 4.93. The molecule has 2 fully saturated rings. The lowest BCUT2D eigenvalue weighted by molar-refractivity contribution is -0.146. The lowest BCUT2D eigenvalue weighted by Gasteiger charge is -2.12. The van der Waals surface area contributed by atoms with Gasteiger partial charge >= 0.3 is 5.97 Å². The summed E-state index contributed by atoms with van der Waals surface area (Å²) in [6, 6.07) is 0. The van der Waals surface area contributed by atoms with E-state index in [9.17, 15) is 9.59 Å². The summed E-state index contributed by atoms with van der Waals surface area (Å²) in [5.74, 6) is 0.757. The van der Waals surface area contributed by atoms with E-state index < -0.39 is 0 Å². The molecule has 2 unspecified atom stereocenters. The Bertz CT molecular complexity index is 229. The van der Waals surface area contributed by atoms with Crippen molar-refractivity contribution < 1.29 is 14.3 Å². The third-order valence-electron chi connectivity index (χ3n) is 2.93. The molecule has 1 saturated heterocycles. The van der Waals surface area contributed by atoms with Gasteiger partial charge in [-0.15, -0.1) is 0 Å². The molecule has 2 atom stereocenters. The molecule has 0 radical (unpaired) electrons. The molecule has 1 heterocycles. The fourth-order valence-electron chi connectivity index (χ4n) is 2.23. The second-order valence-electron chi connectivity index (χ2n) is 3.66. The number of hydrogen-bond acceptors (Lipinski definition) is 3. The number of esters is 1. The molecule has 0 aromatic rings. The SMILES string of the molecule is CCOC(=O)C1C2CN(C=O)CC21. The van der Waals surface area contributed by atoms with Crippen LogP contribution in [-0.4, -0.2) is 37.0 Å². The number of rotatable bonds is 3. The molecule has 2 aliphatic rings. The summed E-state index contributed by atoms with van der Waals surface area (Å²) in [5, 5.41) is 0. The maximum Gasteiger partial charge on any atom is 0.309 e. The van der Waals surface area contributed by atoms with Crippen molar-refractivity contribution in [3.63, 3.8) is 0 Å². The average Bonchev–Trinajstić information content (AvgIpc) is 2.63. The van der Waals surface area contributed by atoms with E-state index in [1.807, 2.05) is 6.92 Å². The van der Waals surface area contributed by atoms with Crippen molar-refractivity contribution in [1.82, 2.24) is 4.90 Å². The van der Waals surface area contributed by atoms with Gasteiger partial charge in [0.15, 0.2) is 0 Å². The Hall–Kier alpha value is -1.06. The van der Waals surface area contributed by atoms with Crippen LogP contribution in [-0.2, 0) is 14.3 Å². The van der Waals surface area contributed by atoms with Crippen molar-refractivity contribution in [3.8, 4) is 0 Å². The van der Waals surface area contributed by atoms with Gasteiger partial charge in [0.2, 0.25) is 6.41 Å². The lowest BCUT2D eigenvalue weighted by atomic mass is 10.3. The van der Waals surface area contributed by atoms with E-state index in [1.54, 1.807) is 4.90 Å². The first kappa shape index (κ1) is 8.53. The van der Waals surface area contributed by atoms with Crippen LogP contribution >= 0.6 is 0 Å². The number of fused-ring (bicyclic) bond motifs is 1.